The maximum Gasteiger partial charge on any atom is 0.329 e. The summed E-state index contributed by atoms with van der Waals surface area (Å²) in [7, 11) is 0. The van der Waals surface area contributed by atoms with Crippen LogP contribution >= 0.6 is 23.2 Å². The van der Waals surface area contributed by atoms with Gasteiger partial charge in [0.2, 0.25) is 0 Å². The molecule has 1 aromatic rings. The van der Waals surface area contributed by atoms with Crippen molar-refractivity contribution in [2.45, 2.75) is 26.8 Å². The lowest BCUT2D eigenvalue weighted by molar-refractivity contribution is -0.150. The van der Waals surface area contributed by atoms with Crippen molar-refractivity contribution < 1.29 is 19.1 Å². The molecule has 0 bridgehead atoms. The van der Waals surface area contributed by atoms with E-state index < -0.39 is 17.9 Å². The fourth-order valence-corrected chi connectivity index (χ4v) is 2.15. The summed E-state index contributed by atoms with van der Waals surface area (Å²) in [5.41, 5.74) is 0.205. The molecular formula is C15H17Cl2NO4. The Labute approximate surface area is 138 Å². The van der Waals surface area contributed by atoms with E-state index in [0.29, 0.717) is 5.02 Å². The molecule has 1 atom stereocenters. The van der Waals surface area contributed by atoms with Crippen molar-refractivity contribution in [2.24, 2.45) is 5.92 Å². The Kier molecular flexibility index (Phi) is 6.84. The number of carbonyl (C=O) groups excluding carboxylic acids is 3. The molecule has 0 aliphatic heterocycles. The van der Waals surface area contributed by atoms with Crippen LogP contribution in [-0.4, -0.2) is 30.3 Å². The summed E-state index contributed by atoms with van der Waals surface area (Å²) in [5, 5.41) is 3.15. The van der Waals surface area contributed by atoms with Crippen LogP contribution in [0.2, 0.25) is 10.0 Å². The lowest BCUT2D eigenvalue weighted by Gasteiger charge is -2.20. The van der Waals surface area contributed by atoms with Crippen molar-refractivity contribution in [3.63, 3.8) is 0 Å². The quantitative estimate of drug-likeness (QED) is 0.804. The van der Waals surface area contributed by atoms with Crippen LogP contribution in [0.15, 0.2) is 18.2 Å². The Balaban J connectivity index is 2.84. The summed E-state index contributed by atoms with van der Waals surface area (Å²) in [6, 6.07) is 3.56. The average molecular weight is 346 g/mol. The SMILES string of the molecule is CC(=O)COC(=O)[C@@H](NC(=O)c1ccc(Cl)cc1Cl)C(C)C. The summed E-state index contributed by atoms with van der Waals surface area (Å²) >= 11 is 11.7. The molecule has 1 aromatic carbocycles. The predicted molar refractivity (Wildman–Crippen MR) is 84.2 cm³/mol. The summed E-state index contributed by atoms with van der Waals surface area (Å²) in [5.74, 6) is -1.67. The molecule has 0 heterocycles. The highest BCUT2D eigenvalue weighted by molar-refractivity contribution is 6.36. The molecule has 1 N–H and O–H groups in total. The van der Waals surface area contributed by atoms with E-state index in [9.17, 15) is 14.4 Å². The van der Waals surface area contributed by atoms with E-state index in [2.05, 4.69) is 5.32 Å². The van der Waals surface area contributed by atoms with E-state index >= 15 is 0 Å². The Morgan fingerprint density at radius 2 is 1.86 bits per heavy atom. The predicted octanol–water partition coefficient (Wildman–Crippen LogP) is 2.88. The van der Waals surface area contributed by atoms with Crippen LogP contribution in [0.5, 0.6) is 0 Å². The highest BCUT2D eigenvalue weighted by Gasteiger charge is 2.27. The largest absolute Gasteiger partial charge is 0.456 e. The molecule has 0 aromatic heterocycles. The van der Waals surface area contributed by atoms with E-state index in [1.165, 1.54) is 25.1 Å². The number of amides is 1. The molecule has 0 aliphatic rings. The number of rotatable bonds is 6. The summed E-state index contributed by atoms with van der Waals surface area (Å²) in [6.45, 7) is 4.50. The number of hydrogen-bond donors (Lipinski definition) is 1. The summed E-state index contributed by atoms with van der Waals surface area (Å²) < 4.78 is 4.86. The van der Waals surface area contributed by atoms with Crippen LogP contribution in [0.1, 0.15) is 31.1 Å². The van der Waals surface area contributed by atoms with E-state index in [1.807, 2.05) is 0 Å². The topological polar surface area (TPSA) is 72.5 Å². The summed E-state index contributed by atoms with van der Waals surface area (Å²) in [4.78, 5) is 35.0. The maximum atomic E-state index is 12.2. The maximum absolute atomic E-state index is 12.2. The van der Waals surface area contributed by atoms with Gasteiger partial charge in [-0.15, -0.1) is 0 Å². The van der Waals surface area contributed by atoms with E-state index in [1.54, 1.807) is 13.8 Å². The monoisotopic (exact) mass is 345 g/mol. The number of Topliss-reactive ketones (excluding diaryl/α,β-unsaturated/α-hetero) is 1. The van der Waals surface area contributed by atoms with E-state index in [4.69, 9.17) is 27.9 Å². The van der Waals surface area contributed by atoms with Gasteiger partial charge in [-0.1, -0.05) is 37.0 Å². The van der Waals surface area contributed by atoms with Crippen LogP contribution in [0.3, 0.4) is 0 Å². The molecular weight excluding hydrogens is 329 g/mol. The number of ether oxygens (including phenoxy) is 1. The van der Waals surface area contributed by atoms with Crippen molar-refractivity contribution in [3.8, 4) is 0 Å². The highest BCUT2D eigenvalue weighted by Crippen LogP contribution is 2.21. The van der Waals surface area contributed by atoms with Crippen LogP contribution < -0.4 is 5.32 Å². The first kappa shape index (κ1) is 18.5. The standard InChI is InChI=1S/C15H17Cl2NO4/c1-8(2)13(15(21)22-7-9(3)19)18-14(20)11-5-4-10(16)6-12(11)17/h4-6,8,13H,7H2,1-3H3,(H,18,20)/t13-/m0/s1. The normalized spacial score (nSPS) is 11.9. The number of benzene rings is 1. The zero-order valence-electron chi connectivity index (χ0n) is 12.5. The first-order valence-corrected chi connectivity index (χ1v) is 7.40. The second-order valence-corrected chi connectivity index (χ2v) is 5.97. The Bertz CT molecular complexity index is 587. The molecule has 0 saturated heterocycles. The van der Waals surface area contributed by atoms with Crippen molar-refractivity contribution in [1.29, 1.82) is 0 Å². The van der Waals surface area contributed by atoms with Crippen molar-refractivity contribution in [1.82, 2.24) is 5.32 Å². The minimum Gasteiger partial charge on any atom is -0.456 e. The zero-order chi connectivity index (χ0) is 16.9. The Morgan fingerprint density at radius 3 is 2.36 bits per heavy atom. The van der Waals surface area contributed by atoms with Crippen LogP contribution in [0.25, 0.3) is 0 Å². The summed E-state index contributed by atoms with van der Waals surface area (Å²) in [6.07, 6.45) is 0. The number of halogens is 2. The minimum atomic E-state index is -0.876. The lowest BCUT2D eigenvalue weighted by Crippen LogP contribution is -2.45. The smallest absolute Gasteiger partial charge is 0.329 e. The number of hydrogen-bond acceptors (Lipinski definition) is 4. The second kappa shape index (κ2) is 8.15. The third kappa shape index (κ3) is 5.31. The molecule has 5 nitrogen and oxygen atoms in total. The molecule has 0 spiro atoms. The fourth-order valence-electron chi connectivity index (χ4n) is 1.65. The van der Waals surface area contributed by atoms with Gasteiger partial charge in [0.1, 0.15) is 12.6 Å². The van der Waals surface area contributed by atoms with Crippen molar-refractivity contribution >= 4 is 40.9 Å². The average Bonchev–Trinajstić information content (AvgIpc) is 2.41. The highest BCUT2D eigenvalue weighted by atomic mass is 35.5. The van der Waals surface area contributed by atoms with Gasteiger partial charge in [-0.05, 0) is 31.0 Å². The number of nitrogens with one attached hydrogen (secondary N) is 1. The van der Waals surface area contributed by atoms with Gasteiger partial charge in [-0.3, -0.25) is 9.59 Å². The van der Waals surface area contributed by atoms with Gasteiger partial charge in [0.05, 0.1) is 10.6 Å². The Hall–Kier alpha value is -1.59. The molecule has 0 fully saturated rings. The zero-order valence-corrected chi connectivity index (χ0v) is 14.0. The molecule has 7 heteroatoms. The number of ketones is 1. The van der Waals surface area contributed by atoms with E-state index in [0.717, 1.165) is 0 Å². The van der Waals surface area contributed by atoms with Crippen LogP contribution in [0.4, 0.5) is 0 Å². The third-order valence-corrected chi connectivity index (χ3v) is 3.35. The fraction of sp³-hybridized carbons (Fsp3) is 0.400. The van der Waals surface area contributed by atoms with Crippen LogP contribution in [0, 0.1) is 5.92 Å². The van der Waals surface area contributed by atoms with Gasteiger partial charge < -0.3 is 10.1 Å². The first-order chi connectivity index (χ1) is 10.2. The molecule has 0 radical (unpaired) electrons. The Morgan fingerprint density at radius 1 is 1.23 bits per heavy atom. The second-order valence-electron chi connectivity index (χ2n) is 5.13. The first-order valence-electron chi connectivity index (χ1n) is 6.64. The minimum absolute atomic E-state index is 0.185. The molecule has 0 aliphatic carbocycles. The van der Waals surface area contributed by atoms with Gasteiger partial charge in [-0.2, -0.15) is 0 Å². The van der Waals surface area contributed by atoms with E-state index in [-0.39, 0.29) is 28.9 Å². The van der Waals surface area contributed by atoms with Gasteiger partial charge in [0, 0.05) is 5.02 Å². The van der Waals surface area contributed by atoms with Gasteiger partial charge in [0.25, 0.3) is 5.91 Å². The molecule has 22 heavy (non-hydrogen) atoms. The third-order valence-electron chi connectivity index (χ3n) is 2.80. The van der Waals surface area contributed by atoms with Crippen LogP contribution in [-0.2, 0) is 14.3 Å². The number of carbonyl (C=O) groups is 3. The van der Waals surface area contributed by atoms with Gasteiger partial charge in [0.15, 0.2) is 5.78 Å². The molecule has 0 saturated carbocycles. The lowest BCUT2D eigenvalue weighted by atomic mass is 10.0. The molecule has 120 valence electrons. The number of esters is 1. The van der Waals surface area contributed by atoms with Gasteiger partial charge in [-0.25, -0.2) is 4.79 Å². The van der Waals surface area contributed by atoms with Gasteiger partial charge >= 0.3 is 5.97 Å². The van der Waals surface area contributed by atoms with Crippen molar-refractivity contribution in [2.75, 3.05) is 6.61 Å². The van der Waals surface area contributed by atoms with Crippen molar-refractivity contribution in [3.05, 3.63) is 33.8 Å². The molecule has 1 rings (SSSR count). The molecule has 0 unspecified atom stereocenters. The molecule has 1 amide bonds.